The van der Waals surface area contributed by atoms with Crippen molar-refractivity contribution in [3.05, 3.63) is 30.6 Å². The van der Waals surface area contributed by atoms with E-state index in [0.717, 1.165) is 29.5 Å². The van der Waals surface area contributed by atoms with Gasteiger partial charge in [-0.15, -0.1) is 0 Å². The van der Waals surface area contributed by atoms with Gasteiger partial charge in [0, 0.05) is 12.3 Å². The molecule has 0 unspecified atom stereocenters. The van der Waals surface area contributed by atoms with Crippen molar-refractivity contribution in [2.75, 3.05) is 6.61 Å². The standard InChI is InChI=1S/C13H14N4O/c1-2-3-9-18-13-10-5-4-7-14-12(10)17-11(16-13)6-8-15-17/h4-8H,2-3,9H2,1H3. The number of unbranched alkanes of at least 4 members (excludes halogenated alkanes) is 1. The van der Waals surface area contributed by atoms with E-state index in [0.29, 0.717) is 12.5 Å². The molecule has 5 nitrogen and oxygen atoms in total. The van der Waals surface area contributed by atoms with Crippen LogP contribution in [0, 0.1) is 0 Å². The molecule has 3 rings (SSSR count). The molecule has 0 aliphatic heterocycles. The Bertz CT molecular complexity index is 677. The second-order valence-corrected chi connectivity index (χ2v) is 4.09. The van der Waals surface area contributed by atoms with Crippen molar-refractivity contribution in [3.63, 3.8) is 0 Å². The molecule has 0 saturated carbocycles. The molecule has 5 heteroatoms. The van der Waals surface area contributed by atoms with Gasteiger partial charge in [0.05, 0.1) is 18.2 Å². The Hall–Kier alpha value is -2.17. The lowest BCUT2D eigenvalue weighted by molar-refractivity contribution is 0.302. The van der Waals surface area contributed by atoms with Crippen molar-refractivity contribution < 1.29 is 4.74 Å². The first-order valence-electron chi connectivity index (χ1n) is 6.11. The fourth-order valence-corrected chi connectivity index (χ4v) is 1.86. The Morgan fingerprint density at radius 1 is 1.28 bits per heavy atom. The minimum absolute atomic E-state index is 0.638. The number of hydrogen-bond donors (Lipinski definition) is 0. The summed E-state index contributed by atoms with van der Waals surface area (Å²) in [7, 11) is 0. The van der Waals surface area contributed by atoms with Crippen molar-refractivity contribution in [1.82, 2.24) is 19.6 Å². The van der Waals surface area contributed by atoms with Gasteiger partial charge in [0.1, 0.15) is 0 Å². The van der Waals surface area contributed by atoms with Crippen molar-refractivity contribution in [1.29, 1.82) is 0 Å². The molecule has 18 heavy (non-hydrogen) atoms. The van der Waals surface area contributed by atoms with E-state index >= 15 is 0 Å². The SMILES string of the molecule is CCCCOc1nc2ccnn2c2ncccc12. The molecule has 0 amide bonds. The van der Waals surface area contributed by atoms with Gasteiger partial charge in [0.15, 0.2) is 11.3 Å². The number of ether oxygens (including phenoxy) is 1. The monoisotopic (exact) mass is 242 g/mol. The first-order chi connectivity index (χ1) is 8.90. The first-order valence-corrected chi connectivity index (χ1v) is 6.11. The van der Waals surface area contributed by atoms with Crippen LogP contribution in [0.15, 0.2) is 30.6 Å². The Morgan fingerprint density at radius 2 is 2.22 bits per heavy atom. The highest BCUT2D eigenvalue weighted by Crippen LogP contribution is 2.23. The summed E-state index contributed by atoms with van der Waals surface area (Å²) >= 11 is 0. The summed E-state index contributed by atoms with van der Waals surface area (Å²) < 4.78 is 7.47. The van der Waals surface area contributed by atoms with Gasteiger partial charge in [-0.05, 0) is 18.6 Å². The van der Waals surface area contributed by atoms with Gasteiger partial charge in [0.2, 0.25) is 5.88 Å². The molecule has 3 heterocycles. The van der Waals surface area contributed by atoms with E-state index < -0.39 is 0 Å². The van der Waals surface area contributed by atoms with E-state index in [1.54, 1.807) is 16.9 Å². The van der Waals surface area contributed by atoms with E-state index in [1.165, 1.54) is 0 Å². The van der Waals surface area contributed by atoms with Crippen LogP contribution in [0.3, 0.4) is 0 Å². The lowest BCUT2D eigenvalue weighted by Gasteiger charge is -2.08. The van der Waals surface area contributed by atoms with Gasteiger partial charge < -0.3 is 4.74 Å². The molecule has 92 valence electrons. The zero-order valence-corrected chi connectivity index (χ0v) is 10.2. The largest absolute Gasteiger partial charge is 0.477 e. The van der Waals surface area contributed by atoms with E-state index in [4.69, 9.17) is 4.74 Å². The van der Waals surface area contributed by atoms with Crippen LogP contribution in [0.1, 0.15) is 19.8 Å². The van der Waals surface area contributed by atoms with Crippen LogP contribution in [0.5, 0.6) is 5.88 Å². The van der Waals surface area contributed by atoms with Gasteiger partial charge in [-0.2, -0.15) is 14.6 Å². The molecule has 0 N–H and O–H groups in total. The third-order valence-corrected chi connectivity index (χ3v) is 2.79. The van der Waals surface area contributed by atoms with Crippen molar-refractivity contribution >= 4 is 16.7 Å². The number of nitrogens with zero attached hydrogens (tertiary/aromatic N) is 4. The summed E-state index contributed by atoms with van der Waals surface area (Å²) in [5.41, 5.74) is 1.53. The van der Waals surface area contributed by atoms with Crippen LogP contribution in [0.25, 0.3) is 16.7 Å². The number of pyridine rings is 1. The third-order valence-electron chi connectivity index (χ3n) is 2.79. The molecule has 0 fully saturated rings. The molecular weight excluding hydrogens is 228 g/mol. The van der Waals surface area contributed by atoms with Crippen LogP contribution in [0.2, 0.25) is 0 Å². The fourth-order valence-electron chi connectivity index (χ4n) is 1.86. The zero-order valence-electron chi connectivity index (χ0n) is 10.2. The van der Waals surface area contributed by atoms with Gasteiger partial charge in [-0.25, -0.2) is 4.98 Å². The molecule has 0 atom stereocenters. The lowest BCUT2D eigenvalue weighted by Crippen LogP contribution is -2.03. The van der Waals surface area contributed by atoms with Gasteiger partial charge >= 0.3 is 0 Å². The molecular formula is C13H14N4O. The molecule has 0 aliphatic carbocycles. The average molecular weight is 242 g/mol. The predicted octanol–water partition coefficient (Wildman–Crippen LogP) is 2.46. The van der Waals surface area contributed by atoms with Crippen LogP contribution < -0.4 is 4.74 Å². The molecule has 0 aromatic carbocycles. The fraction of sp³-hybridized carbons (Fsp3) is 0.308. The summed E-state index contributed by atoms with van der Waals surface area (Å²) in [5, 5.41) is 5.11. The summed E-state index contributed by atoms with van der Waals surface area (Å²) in [6, 6.07) is 5.69. The summed E-state index contributed by atoms with van der Waals surface area (Å²) in [4.78, 5) is 8.82. The summed E-state index contributed by atoms with van der Waals surface area (Å²) in [6.07, 6.45) is 5.59. The van der Waals surface area contributed by atoms with E-state index in [-0.39, 0.29) is 0 Å². The molecule has 0 saturated heterocycles. The van der Waals surface area contributed by atoms with Crippen LogP contribution >= 0.6 is 0 Å². The summed E-state index contributed by atoms with van der Waals surface area (Å²) in [5.74, 6) is 0.638. The maximum Gasteiger partial charge on any atom is 0.226 e. The predicted molar refractivity (Wildman–Crippen MR) is 68.7 cm³/mol. The molecule has 0 bridgehead atoms. The van der Waals surface area contributed by atoms with Gasteiger partial charge in [0.25, 0.3) is 0 Å². The Labute approximate surface area is 104 Å². The smallest absolute Gasteiger partial charge is 0.226 e. The highest BCUT2D eigenvalue weighted by atomic mass is 16.5. The second kappa shape index (κ2) is 4.60. The number of fused-ring (bicyclic) bond motifs is 3. The van der Waals surface area contributed by atoms with Crippen molar-refractivity contribution in [2.45, 2.75) is 19.8 Å². The van der Waals surface area contributed by atoms with Crippen LogP contribution in [-0.4, -0.2) is 26.2 Å². The van der Waals surface area contributed by atoms with Crippen molar-refractivity contribution in [2.24, 2.45) is 0 Å². The minimum Gasteiger partial charge on any atom is -0.477 e. The lowest BCUT2D eigenvalue weighted by atomic mass is 10.3. The van der Waals surface area contributed by atoms with E-state index in [1.807, 2.05) is 18.2 Å². The number of hydrogen-bond acceptors (Lipinski definition) is 4. The van der Waals surface area contributed by atoms with E-state index in [9.17, 15) is 0 Å². The van der Waals surface area contributed by atoms with Crippen molar-refractivity contribution in [3.8, 4) is 5.88 Å². The Morgan fingerprint density at radius 3 is 3.11 bits per heavy atom. The second-order valence-electron chi connectivity index (χ2n) is 4.09. The highest BCUT2D eigenvalue weighted by Gasteiger charge is 2.10. The molecule has 0 spiro atoms. The molecule has 0 aliphatic rings. The quantitative estimate of drug-likeness (QED) is 0.659. The maximum atomic E-state index is 5.74. The Balaban J connectivity index is 2.14. The maximum absolute atomic E-state index is 5.74. The third kappa shape index (κ3) is 1.77. The molecule has 3 aromatic heterocycles. The summed E-state index contributed by atoms with van der Waals surface area (Å²) in [6.45, 7) is 2.81. The highest BCUT2D eigenvalue weighted by molar-refractivity contribution is 5.82. The number of rotatable bonds is 4. The number of aromatic nitrogens is 4. The van der Waals surface area contributed by atoms with E-state index in [2.05, 4.69) is 22.0 Å². The van der Waals surface area contributed by atoms with Gasteiger partial charge in [-0.1, -0.05) is 13.3 Å². The zero-order chi connectivity index (χ0) is 12.4. The average Bonchev–Trinajstić information content (AvgIpc) is 2.87. The molecule has 0 radical (unpaired) electrons. The first kappa shape index (κ1) is 11.0. The van der Waals surface area contributed by atoms with Crippen LogP contribution in [0.4, 0.5) is 0 Å². The van der Waals surface area contributed by atoms with Crippen LogP contribution in [-0.2, 0) is 0 Å². The molecule has 3 aromatic rings. The topological polar surface area (TPSA) is 52.3 Å². The minimum atomic E-state index is 0.638. The Kier molecular flexibility index (Phi) is 2.80. The van der Waals surface area contributed by atoms with Gasteiger partial charge in [-0.3, -0.25) is 0 Å². The normalized spacial score (nSPS) is 11.2.